The van der Waals surface area contributed by atoms with Crippen LogP contribution in [0.15, 0.2) is 59.1 Å². The van der Waals surface area contributed by atoms with Gasteiger partial charge in [-0.2, -0.15) is 0 Å². The van der Waals surface area contributed by atoms with Gasteiger partial charge in [0.2, 0.25) is 0 Å². The lowest BCUT2D eigenvalue weighted by atomic mass is 10.1. The van der Waals surface area contributed by atoms with Crippen molar-refractivity contribution in [3.63, 3.8) is 0 Å². The van der Waals surface area contributed by atoms with Gasteiger partial charge >= 0.3 is 0 Å². The molecule has 170 valence electrons. The van der Waals surface area contributed by atoms with E-state index in [2.05, 4.69) is 58.0 Å². The monoisotopic (exact) mass is 434 g/mol. The van der Waals surface area contributed by atoms with Crippen LogP contribution in [0.5, 0.6) is 5.75 Å². The number of likely N-dealkylation sites (N-methyl/N-ethyl adjacent to an activating group) is 1. The minimum Gasteiger partial charge on any atom is -0.496 e. The first-order chi connectivity index (χ1) is 15.7. The molecule has 0 amide bonds. The number of benzene rings is 2. The first-order valence-corrected chi connectivity index (χ1v) is 11.5. The Kier molecular flexibility index (Phi) is 7.45. The summed E-state index contributed by atoms with van der Waals surface area (Å²) in [6.45, 7) is 12.5. The largest absolute Gasteiger partial charge is 0.496 e. The number of anilines is 1. The van der Waals surface area contributed by atoms with E-state index in [1.165, 1.54) is 11.3 Å². The van der Waals surface area contributed by atoms with Crippen molar-refractivity contribution in [2.24, 2.45) is 0 Å². The first kappa shape index (κ1) is 22.4. The van der Waals surface area contributed by atoms with Crippen LogP contribution in [0.2, 0.25) is 0 Å². The van der Waals surface area contributed by atoms with Gasteiger partial charge in [0.25, 0.3) is 0 Å². The highest BCUT2D eigenvalue weighted by Gasteiger charge is 2.18. The van der Waals surface area contributed by atoms with E-state index in [-0.39, 0.29) is 0 Å². The van der Waals surface area contributed by atoms with Crippen LogP contribution in [0.25, 0.3) is 11.3 Å². The van der Waals surface area contributed by atoms with Gasteiger partial charge in [0.05, 0.1) is 13.7 Å². The molecular weight excluding hydrogens is 400 g/mol. The number of para-hydroxylation sites is 1. The van der Waals surface area contributed by atoms with Crippen LogP contribution < -0.4 is 9.64 Å². The van der Waals surface area contributed by atoms with Crippen molar-refractivity contribution >= 4 is 5.69 Å². The zero-order chi connectivity index (χ0) is 22.3. The van der Waals surface area contributed by atoms with Crippen molar-refractivity contribution in [3.05, 3.63) is 65.9 Å². The third-order valence-electron chi connectivity index (χ3n) is 6.27. The van der Waals surface area contributed by atoms with Crippen LogP contribution in [0, 0.1) is 6.92 Å². The summed E-state index contributed by atoms with van der Waals surface area (Å²) in [6, 6.07) is 18.8. The van der Waals surface area contributed by atoms with E-state index < -0.39 is 0 Å². The molecule has 6 nitrogen and oxygen atoms in total. The van der Waals surface area contributed by atoms with Gasteiger partial charge in [0.1, 0.15) is 11.4 Å². The average Bonchev–Trinajstić information content (AvgIpc) is 3.31. The Balaban J connectivity index is 1.27. The third kappa shape index (κ3) is 5.50. The number of piperazine rings is 1. The second-order valence-electron chi connectivity index (χ2n) is 8.41. The van der Waals surface area contributed by atoms with Crippen molar-refractivity contribution in [2.75, 3.05) is 57.8 Å². The Morgan fingerprint density at radius 3 is 2.50 bits per heavy atom. The van der Waals surface area contributed by atoms with Gasteiger partial charge in [-0.15, -0.1) is 0 Å². The maximum atomic E-state index is 5.65. The summed E-state index contributed by atoms with van der Waals surface area (Å²) in [4.78, 5) is 7.47. The molecule has 4 rings (SSSR count). The molecule has 1 aromatic heterocycles. The molecule has 2 aromatic carbocycles. The van der Waals surface area contributed by atoms with Crippen LogP contribution in [0.3, 0.4) is 0 Å². The van der Waals surface area contributed by atoms with Crippen LogP contribution >= 0.6 is 0 Å². The number of methoxy groups -OCH3 is 1. The molecular formula is C26H34N4O2. The van der Waals surface area contributed by atoms with Gasteiger partial charge in [-0.25, -0.2) is 0 Å². The van der Waals surface area contributed by atoms with Gasteiger partial charge in [0.15, 0.2) is 5.76 Å². The predicted molar refractivity (Wildman–Crippen MR) is 129 cm³/mol. The average molecular weight is 435 g/mol. The summed E-state index contributed by atoms with van der Waals surface area (Å²) in [7, 11) is 1.68. The van der Waals surface area contributed by atoms with E-state index in [1.54, 1.807) is 7.11 Å². The molecule has 1 aliphatic rings. The van der Waals surface area contributed by atoms with Crippen LogP contribution in [-0.2, 0) is 6.54 Å². The highest BCUT2D eigenvalue weighted by Crippen LogP contribution is 2.29. The fraction of sp³-hybridized carbons (Fsp3) is 0.423. The molecule has 6 heteroatoms. The lowest BCUT2D eigenvalue weighted by molar-refractivity contribution is 0.185. The minimum absolute atomic E-state index is 0.766. The highest BCUT2D eigenvalue weighted by molar-refractivity contribution is 5.66. The number of rotatable bonds is 9. The SMILES string of the molecule is CCN(CCN1CCN(c2ccc(C)cc2)CC1)Cc1cc(-c2ccccc2OC)no1. The fourth-order valence-electron chi connectivity index (χ4n) is 4.21. The van der Waals surface area contributed by atoms with Gasteiger partial charge in [-0.05, 0) is 37.7 Å². The van der Waals surface area contributed by atoms with E-state index in [1.807, 2.05) is 30.3 Å². The van der Waals surface area contributed by atoms with Gasteiger partial charge in [-0.1, -0.05) is 41.9 Å². The summed E-state index contributed by atoms with van der Waals surface area (Å²) in [5.74, 6) is 1.70. The van der Waals surface area contributed by atoms with Crippen molar-refractivity contribution in [3.8, 4) is 17.0 Å². The molecule has 0 unspecified atom stereocenters. The Morgan fingerprint density at radius 2 is 1.78 bits per heavy atom. The van der Waals surface area contributed by atoms with Gasteiger partial charge < -0.3 is 14.2 Å². The normalized spacial score (nSPS) is 14.8. The van der Waals surface area contributed by atoms with E-state index in [4.69, 9.17) is 9.26 Å². The summed E-state index contributed by atoms with van der Waals surface area (Å²) >= 11 is 0. The number of hydrogen-bond donors (Lipinski definition) is 0. The van der Waals surface area contributed by atoms with Crippen molar-refractivity contribution in [1.82, 2.24) is 15.0 Å². The molecule has 0 spiro atoms. The molecule has 32 heavy (non-hydrogen) atoms. The summed E-state index contributed by atoms with van der Waals surface area (Å²) < 4.78 is 11.1. The molecule has 3 aromatic rings. The lowest BCUT2D eigenvalue weighted by Crippen LogP contribution is -2.48. The minimum atomic E-state index is 0.766. The quantitative estimate of drug-likeness (QED) is 0.500. The van der Waals surface area contributed by atoms with E-state index in [0.29, 0.717) is 0 Å². The van der Waals surface area contributed by atoms with Crippen LogP contribution in [0.4, 0.5) is 5.69 Å². The molecule has 0 saturated carbocycles. The Morgan fingerprint density at radius 1 is 1.03 bits per heavy atom. The Labute approximate surface area is 191 Å². The summed E-state index contributed by atoms with van der Waals surface area (Å²) in [5.41, 5.74) is 4.43. The van der Waals surface area contributed by atoms with E-state index in [9.17, 15) is 0 Å². The number of aromatic nitrogens is 1. The predicted octanol–water partition coefficient (Wildman–Crippen LogP) is 4.30. The highest BCUT2D eigenvalue weighted by atomic mass is 16.5. The number of nitrogens with zero attached hydrogens (tertiary/aromatic N) is 4. The maximum absolute atomic E-state index is 5.65. The zero-order valence-corrected chi connectivity index (χ0v) is 19.5. The standard InChI is InChI=1S/C26H34N4O2/c1-4-28(20-23-19-25(27-32-23)24-7-5-6-8-26(24)31-3)13-14-29-15-17-30(18-16-29)22-11-9-21(2)10-12-22/h5-12,19H,4,13-18,20H2,1-3H3. The maximum Gasteiger partial charge on any atom is 0.151 e. The van der Waals surface area contributed by atoms with Gasteiger partial charge in [0, 0.05) is 56.6 Å². The molecule has 0 radical (unpaired) electrons. The van der Waals surface area contributed by atoms with E-state index in [0.717, 1.165) is 75.1 Å². The number of hydrogen-bond acceptors (Lipinski definition) is 6. The molecule has 0 bridgehead atoms. The lowest BCUT2D eigenvalue weighted by Gasteiger charge is -2.37. The van der Waals surface area contributed by atoms with Crippen molar-refractivity contribution in [1.29, 1.82) is 0 Å². The van der Waals surface area contributed by atoms with Crippen LogP contribution in [-0.4, -0.2) is 67.9 Å². The Hall–Kier alpha value is -2.83. The second-order valence-corrected chi connectivity index (χ2v) is 8.41. The fourth-order valence-corrected chi connectivity index (χ4v) is 4.21. The summed E-state index contributed by atoms with van der Waals surface area (Å²) in [6.07, 6.45) is 0. The topological polar surface area (TPSA) is 45.0 Å². The second kappa shape index (κ2) is 10.7. The molecule has 0 N–H and O–H groups in total. The van der Waals surface area contributed by atoms with Gasteiger partial charge in [-0.3, -0.25) is 9.80 Å². The first-order valence-electron chi connectivity index (χ1n) is 11.5. The molecule has 0 atom stereocenters. The Bertz CT molecular complexity index is 978. The smallest absolute Gasteiger partial charge is 0.151 e. The molecule has 1 saturated heterocycles. The molecule has 1 fully saturated rings. The van der Waals surface area contributed by atoms with E-state index >= 15 is 0 Å². The number of ether oxygens (including phenoxy) is 1. The summed E-state index contributed by atoms with van der Waals surface area (Å²) in [5, 5.41) is 4.28. The molecule has 2 heterocycles. The zero-order valence-electron chi connectivity index (χ0n) is 19.5. The van der Waals surface area contributed by atoms with Crippen molar-refractivity contribution < 1.29 is 9.26 Å². The molecule has 1 aliphatic heterocycles. The van der Waals surface area contributed by atoms with Crippen molar-refractivity contribution in [2.45, 2.75) is 20.4 Å². The van der Waals surface area contributed by atoms with Crippen LogP contribution in [0.1, 0.15) is 18.2 Å². The third-order valence-corrected chi connectivity index (χ3v) is 6.27. The number of aryl methyl sites for hydroxylation is 1. The molecule has 0 aliphatic carbocycles.